The van der Waals surface area contributed by atoms with E-state index in [0.29, 0.717) is 22.8 Å². The molecule has 2 aromatic heterocycles. The molecular formula is C20H13BrN4O5. The summed E-state index contributed by atoms with van der Waals surface area (Å²) in [6.07, 6.45) is 2.74. The number of fused-ring (bicyclic) bond motifs is 1. The molecular weight excluding hydrogens is 456 g/mol. The molecule has 0 radical (unpaired) electrons. The Morgan fingerprint density at radius 3 is 2.33 bits per heavy atom. The summed E-state index contributed by atoms with van der Waals surface area (Å²) in [6, 6.07) is 13.6. The number of nitro groups is 1. The van der Waals surface area contributed by atoms with Gasteiger partial charge in [-0.25, -0.2) is 0 Å². The number of pyridine rings is 1. The van der Waals surface area contributed by atoms with Crippen molar-refractivity contribution in [3.8, 4) is 29.0 Å². The second-order valence-corrected chi connectivity index (χ2v) is 6.77. The molecule has 0 spiro atoms. The number of hydrogen-bond acceptors (Lipinski definition) is 8. The van der Waals surface area contributed by atoms with Gasteiger partial charge in [0.2, 0.25) is 0 Å². The summed E-state index contributed by atoms with van der Waals surface area (Å²) in [6.45, 7) is 0. The molecule has 0 aliphatic carbocycles. The monoisotopic (exact) mass is 468 g/mol. The third kappa shape index (κ3) is 3.85. The molecule has 150 valence electrons. The number of ether oxygens (including phenoxy) is 3. The van der Waals surface area contributed by atoms with E-state index >= 15 is 0 Å². The summed E-state index contributed by atoms with van der Waals surface area (Å²) >= 11 is 3.45. The van der Waals surface area contributed by atoms with Crippen LogP contribution in [0.3, 0.4) is 0 Å². The molecule has 0 bridgehead atoms. The van der Waals surface area contributed by atoms with E-state index in [2.05, 4.69) is 30.9 Å². The van der Waals surface area contributed by atoms with Gasteiger partial charge in [0.05, 0.1) is 12.0 Å². The lowest BCUT2D eigenvalue weighted by Crippen LogP contribution is -2.01. The summed E-state index contributed by atoms with van der Waals surface area (Å²) in [5.74, 6) is 0.779. The van der Waals surface area contributed by atoms with E-state index in [9.17, 15) is 10.1 Å². The van der Waals surface area contributed by atoms with Crippen LogP contribution in [0.5, 0.6) is 29.0 Å². The molecule has 2 heterocycles. The van der Waals surface area contributed by atoms with E-state index in [-0.39, 0.29) is 11.8 Å². The SMILES string of the molecule is COc1ccc(Oc2ncnc(Oc3ccc(Br)c4cccnc34)c2[N+](=O)[O-])cc1. The van der Waals surface area contributed by atoms with Crippen molar-refractivity contribution in [2.75, 3.05) is 7.11 Å². The maximum atomic E-state index is 11.8. The first-order chi connectivity index (χ1) is 14.6. The quantitative estimate of drug-likeness (QED) is 0.277. The van der Waals surface area contributed by atoms with Gasteiger partial charge in [0.1, 0.15) is 23.3 Å². The number of benzene rings is 2. The summed E-state index contributed by atoms with van der Waals surface area (Å²) in [5, 5.41) is 12.6. The van der Waals surface area contributed by atoms with E-state index < -0.39 is 10.6 Å². The Morgan fingerprint density at radius 1 is 0.933 bits per heavy atom. The zero-order valence-corrected chi connectivity index (χ0v) is 17.1. The number of rotatable bonds is 6. The van der Waals surface area contributed by atoms with Crippen LogP contribution in [-0.4, -0.2) is 27.0 Å². The number of halogens is 1. The Kier molecular flexibility index (Phi) is 5.40. The van der Waals surface area contributed by atoms with Crippen LogP contribution in [0.2, 0.25) is 0 Å². The average molecular weight is 469 g/mol. The van der Waals surface area contributed by atoms with E-state index in [1.54, 1.807) is 48.7 Å². The largest absolute Gasteiger partial charge is 0.497 e. The predicted octanol–water partition coefficient (Wildman–Crippen LogP) is 5.29. The molecule has 4 rings (SSSR count). The number of hydrogen-bond donors (Lipinski definition) is 0. The molecule has 0 saturated carbocycles. The van der Waals surface area contributed by atoms with E-state index in [0.717, 1.165) is 16.2 Å². The van der Waals surface area contributed by atoms with E-state index in [1.807, 2.05) is 6.07 Å². The fraction of sp³-hybridized carbons (Fsp3) is 0.0500. The van der Waals surface area contributed by atoms with Crippen molar-refractivity contribution in [3.63, 3.8) is 0 Å². The van der Waals surface area contributed by atoms with E-state index in [4.69, 9.17) is 14.2 Å². The maximum Gasteiger partial charge on any atom is 0.393 e. The van der Waals surface area contributed by atoms with Gasteiger partial charge in [-0.05, 0) is 42.5 Å². The Hall–Kier alpha value is -3.79. The molecule has 0 aliphatic heterocycles. The molecule has 4 aromatic rings. The molecule has 10 heteroatoms. The van der Waals surface area contributed by atoms with Crippen LogP contribution in [0.1, 0.15) is 0 Å². The lowest BCUT2D eigenvalue weighted by molar-refractivity contribution is -0.387. The highest BCUT2D eigenvalue weighted by atomic mass is 79.9. The van der Waals surface area contributed by atoms with Gasteiger partial charge in [-0.3, -0.25) is 15.1 Å². The van der Waals surface area contributed by atoms with Crippen molar-refractivity contribution < 1.29 is 19.1 Å². The smallest absolute Gasteiger partial charge is 0.393 e. The molecule has 9 nitrogen and oxygen atoms in total. The number of aromatic nitrogens is 3. The van der Waals surface area contributed by atoms with Crippen molar-refractivity contribution in [1.29, 1.82) is 0 Å². The fourth-order valence-corrected chi connectivity index (χ4v) is 3.16. The maximum absolute atomic E-state index is 11.8. The standard InChI is InChI=1S/C20H13BrN4O5/c1-28-12-4-6-13(7-5-12)29-19-18(25(26)27)20(24-11-23-19)30-16-9-8-15(21)14-3-2-10-22-17(14)16/h2-11H,1H3. The van der Waals surface area contributed by atoms with Crippen LogP contribution < -0.4 is 14.2 Å². The van der Waals surface area contributed by atoms with Crippen molar-refractivity contribution >= 4 is 32.5 Å². The zero-order valence-electron chi connectivity index (χ0n) is 15.5. The lowest BCUT2D eigenvalue weighted by atomic mass is 10.2. The second-order valence-electron chi connectivity index (χ2n) is 5.91. The van der Waals surface area contributed by atoms with Gasteiger partial charge in [0.25, 0.3) is 0 Å². The number of methoxy groups -OCH3 is 1. The molecule has 0 fully saturated rings. The highest BCUT2D eigenvalue weighted by Gasteiger charge is 2.27. The first kappa shape index (κ1) is 19.5. The normalized spacial score (nSPS) is 10.6. The van der Waals surface area contributed by atoms with Gasteiger partial charge < -0.3 is 14.2 Å². The molecule has 0 saturated heterocycles. The van der Waals surface area contributed by atoms with Gasteiger partial charge in [-0.15, -0.1) is 0 Å². The summed E-state index contributed by atoms with van der Waals surface area (Å²) < 4.78 is 17.3. The van der Waals surface area contributed by atoms with Crippen LogP contribution in [0.15, 0.2) is 65.5 Å². The van der Waals surface area contributed by atoms with Gasteiger partial charge in [-0.1, -0.05) is 22.0 Å². The predicted molar refractivity (Wildman–Crippen MR) is 111 cm³/mol. The minimum atomic E-state index is -0.650. The Labute approximate surface area is 178 Å². The van der Waals surface area contributed by atoms with Gasteiger partial charge in [0.15, 0.2) is 5.75 Å². The lowest BCUT2D eigenvalue weighted by Gasteiger charge is -2.10. The fourth-order valence-electron chi connectivity index (χ4n) is 2.71. The molecule has 0 N–H and O–H groups in total. The highest BCUT2D eigenvalue weighted by molar-refractivity contribution is 9.10. The molecule has 30 heavy (non-hydrogen) atoms. The minimum Gasteiger partial charge on any atom is -0.497 e. The van der Waals surface area contributed by atoms with Crippen molar-refractivity contribution in [2.45, 2.75) is 0 Å². The first-order valence-corrected chi connectivity index (χ1v) is 9.38. The van der Waals surface area contributed by atoms with E-state index in [1.165, 1.54) is 7.11 Å². The summed E-state index contributed by atoms with van der Waals surface area (Å²) in [4.78, 5) is 23.3. The third-order valence-electron chi connectivity index (χ3n) is 4.10. The zero-order chi connectivity index (χ0) is 21.1. The van der Waals surface area contributed by atoms with Crippen LogP contribution in [0.4, 0.5) is 5.69 Å². The Bertz CT molecular complexity index is 1230. The second kappa shape index (κ2) is 8.29. The van der Waals surface area contributed by atoms with Gasteiger partial charge in [0, 0.05) is 16.1 Å². The minimum absolute atomic E-state index is 0.246. The third-order valence-corrected chi connectivity index (χ3v) is 4.79. The molecule has 2 aromatic carbocycles. The first-order valence-electron chi connectivity index (χ1n) is 8.59. The molecule has 0 atom stereocenters. The van der Waals surface area contributed by atoms with Crippen molar-refractivity contribution in [1.82, 2.24) is 15.0 Å². The van der Waals surface area contributed by atoms with Crippen molar-refractivity contribution in [2.24, 2.45) is 0 Å². The van der Waals surface area contributed by atoms with Crippen LogP contribution >= 0.6 is 15.9 Å². The van der Waals surface area contributed by atoms with Crippen LogP contribution in [-0.2, 0) is 0 Å². The molecule has 0 unspecified atom stereocenters. The average Bonchev–Trinajstić information content (AvgIpc) is 2.76. The summed E-state index contributed by atoms with van der Waals surface area (Å²) in [5.41, 5.74) is 0.0257. The Morgan fingerprint density at radius 2 is 1.63 bits per heavy atom. The van der Waals surface area contributed by atoms with Gasteiger partial charge in [-0.2, -0.15) is 9.97 Å². The number of nitrogens with zero attached hydrogens (tertiary/aromatic N) is 4. The molecule has 0 aliphatic rings. The Balaban J connectivity index is 1.73. The van der Waals surface area contributed by atoms with Crippen LogP contribution in [0, 0.1) is 10.1 Å². The van der Waals surface area contributed by atoms with Crippen molar-refractivity contribution in [3.05, 3.63) is 75.6 Å². The van der Waals surface area contributed by atoms with Crippen LogP contribution in [0.25, 0.3) is 10.9 Å². The molecule has 0 amide bonds. The highest BCUT2D eigenvalue weighted by Crippen LogP contribution is 2.40. The van der Waals surface area contributed by atoms with Gasteiger partial charge >= 0.3 is 17.4 Å². The topological polar surface area (TPSA) is 110 Å². The summed E-state index contributed by atoms with van der Waals surface area (Å²) in [7, 11) is 1.54.